The lowest BCUT2D eigenvalue weighted by atomic mass is 10.1. The van der Waals surface area contributed by atoms with Crippen molar-refractivity contribution in [2.75, 3.05) is 6.54 Å². The normalized spacial score (nSPS) is 16.8. The molecule has 0 bridgehead atoms. The number of aromatic nitrogens is 2. The van der Waals surface area contributed by atoms with Crippen LogP contribution in [0.15, 0.2) is 53.1 Å². The zero-order valence-electron chi connectivity index (χ0n) is 13.7. The van der Waals surface area contributed by atoms with E-state index < -0.39 is 0 Å². The van der Waals surface area contributed by atoms with Gasteiger partial charge in [-0.2, -0.15) is 4.98 Å². The van der Waals surface area contributed by atoms with Gasteiger partial charge in [-0.1, -0.05) is 58.7 Å². The largest absolute Gasteiger partial charge is 0.337 e. The van der Waals surface area contributed by atoms with E-state index >= 15 is 0 Å². The summed E-state index contributed by atoms with van der Waals surface area (Å²) in [5, 5.41) is 4.84. The highest BCUT2D eigenvalue weighted by molar-refractivity contribution is 6.42. The Balaban J connectivity index is 1.60. The summed E-state index contributed by atoms with van der Waals surface area (Å²) in [5.74, 6) is 0.856. The first-order valence-corrected chi connectivity index (χ1v) is 9.04. The predicted molar refractivity (Wildman–Crippen MR) is 99.2 cm³/mol. The molecule has 0 spiro atoms. The Labute approximate surface area is 160 Å². The Bertz CT molecular complexity index is 943. The van der Waals surface area contributed by atoms with E-state index in [4.69, 9.17) is 27.7 Å². The molecule has 2 heterocycles. The molecule has 7 heteroatoms. The minimum absolute atomic E-state index is 0.120. The number of amides is 1. The van der Waals surface area contributed by atoms with Gasteiger partial charge >= 0.3 is 0 Å². The fourth-order valence-electron chi connectivity index (χ4n) is 3.14. The first-order valence-electron chi connectivity index (χ1n) is 8.28. The first kappa shape index (κ1) is 17.1. The lowest BCUT2D eigenvalue weighted by molar-refractivity contribution is 0.0710. The minimum atomic E-state index is -0.234. The quantitative estimate of drug-likeness (QED) is 0.632. The van der Waals surface area contributed by atoms with Gasteiger partial charge in [0.2, 0.25) is 11.7 Å². The topological polar surface area (TPSA) is 59.2 Å². The van der Waals surface area contributed by atoms with Gasteiger partial charge in [0.05, 0.1) is 10.0 Å². The van der Waals surface area contributed by atoms with Gasteiger partial charge in [0.15, 0.2) is 0 Å². The smallest absolute Gasteiger partial charge is 0.254 e. The molecule has 1 fully saturated rings. The van der Waals surface area contributed by atoms with Gasteiger partial charge in [-0.05, 0) is 31.0 Å². The molecule has 1 atom stereocenters. The van der Waals surface area contributed by atoms with E-state index in [1.54, 1.807) is 23.1 Å². The molecule has 1 amide bonds. The summed E-state index contributed by atoms with van der Waals surface area (Å²) < 4.78 is 5.46. The number of hydrogen-bond donors (Lipinski definition) is 0. The van der Waals surface area contributed by atoms with Gasteiger partial charge in [-0.15, -0.1) is 0 Å². The third-order valence-corrected chi connectivity index (χ3v) is 5.18. The number of benzene rings is 2. The van der Waals surface area contributed by atoms with Crippen molar-refractivity contribution in [1.29, 1.82) is 0 Å². The Hall–Kier alpha value is -2.37. The molecule has 1 unspecified atom stereocenters. The molecule has 1 aliphatic rings. The van der Waals surface area contributed by atoms with Crippen LogP contribution in [-0.2, 0) is 0 Å². The average molecular weight is 388 g/mol. The van der Waals surface area contributed by atoms with Gasteiger partial charge < -0.3 is 9.42 Å². The molecule has 1 aliphatic heterocycles. The summed E-state index contributed by atoms with van der Waals surface area (Å²) >= 11 is 12.0. The molecule has 26 heavy (non-hydrogen) atoms. The van der Waals surface area contributed by atoms with Gasteiger partial charge in [-0.25, -0.2) is 0 Å². The Morgan fingerprint density at radius 3 is 2.69 bits per heavy atom. The molecule has 3 aromatic rings. The molecule has 132 valence electrons. The maximum atomic E-state index is 12.9. The van der Waals surface area contributed by atoms with Crippen molar-refractivity contribution >= 4 is 29.1 Å². The fourth-order valence-corrected chi connectivity index (χ4v) is 3.43. The SMILES string of the molecule is O=C(c1ccc(Cl)c(Cl)c1)N1CCCC1c1nc(-c2ccccc2)no1. The second-order valence-electron chi connectivity index (χ2n) is 6.11. The Kier molecular flexibility index (Phi) is 4.66. The van der Waals surface area contributed by atoms with Crippen LogP contribution in [0.3, 0.4) is 0 Å². The summed E-state index contributed by atoms with van der Waals surface area (Å²) in [4.78, 5) is 19.2. The van der Waals surface area contributed by atoms with Crippen molar-refractivity contribution in [3.8, 4) is 11.4 Å². The molecule has 4 rings (SSSR count). The second kappa shape index (κ2) is 7.09. The van der Waals surface area contributed by atoms with Crippen LogP contribution in [0.5, 0.6) is 0 Å². The van der Waals surface area contributed by atoms with Crippen molar-refractivity contribution in [2.45, 2.75) is 18.9 Å². The maximum Gasteiger partial charge on any atom is 0.254 e. The summed E-state index contributed by atoms with van der Waals surface area (Å²) in [7, 11) is 0. The Morgan fingerprint density at radius 2 is 1.92 bits per heavy atom. The summed E-state index contributed by atoms with van der Waals surface area (Å²) in [6, 6.07) is 14.3. The number of hydrogen-bond acceptors (Lipinski definition) is 4. The highest BCUT2D eigenvalue weighted by atomic mass is 35.5. The molecule has 2 aromatic carbocycles. The zero-order chi connectivity index (χ0) is 18.1. The molecular formula is C19H15Cl2N3O2. The lowest BCUT2D eigenvalue weighted by Gasteiger charge is -2.22. The molecule has 1 saturated heterocycles. The average Bonchev–Trinajstić information content (AvgIpc) is 3.33. The predicted octanol–water partition coefficient (Wildman–Crippen LogP) is 5.02. The molecule has 1 aromatic heterocycles. The van der Waals surface area contributed by atoms with Gasteiger partial charge in [0.25, 0.3) is 5.91 Å². The van der Waals surface area contributed by atoms with Crippen LogP contribution in [0.25, 0.3) is 11.4 Å². The number of rotatable bonds is 3. The van der Waals surface area contributed by atoms with Gasteiger partial charge in [0, 0.05) is 17.7 Å². The van der Waals surface area contributed by atoms with Crippen LogP contribution in [0.2, 0.25) is 10.0 Å². The van der Waals surface area contributed by atoms with Gasteiger partial charge in [0.1, 0.15) is 6.04 Å². The molecule has 0 N–H and O–H groups in total. The third kappa shape index (κ3) is 3.20. The van der Waals surface area contributed by atoms with E-state index in [1.807, 2.05) is 30.3 Å². The van der Waals surface area contributed by atoms with Crippen molar-refractivity contribution in [3.63, 3.8) is 0 Å². The van der Waals surface area contributed by atoms with Crippen LogP contribution in [0.4, 0.5) is 0 Å². The molecule has 0 saturated carbocycles. The second-order valence-corrected chi connectivity index (χ2v) is 6.92. The lowest BCUT2D eigenvalue weighted by Crippen LogP contribution is -2.30. The Morgan fingerprint density at radius 1 is 1.12 bits per heavy atom. The number of carbonyl (C=O) groups excluding carboxylic acids is 1. The summed E-state index contributed by atoms with van der Waals surface area (Å²) in [6.07, 6.45) is 1.66. The van der Waals surface area contributed by atoms with Crippen LogP contribution in [0, 0.1) is 0 Å². The number of carbonyl (C=O) groups is 1. The maximum absolute atomic E-state index is 12.9. The number of halogens is 2. The summed E-state index contributed by atoms with van der Waals surface area (Å²) in [5.41, 5.74) is 1.37. The molecule has 5 nitrogen and oxygen atoms in total. The van der Waals surface area contributed by atoms with Crippen molar-refractivity contribution in [3.05, 3.63) is 70.0 Å². The zero-order valence-corrected chi connectivity index (χ0v) is 15.2. The van der Waals surface area contributed by atoms with E-state index in [-0.39, 0.29) is 11.9 Å². The van der Waals surface area contributed by atoms with Crippen molar-refractivity contribution in [1.82, 2.24) is 15.0 Å². The highest BCUT2D eigenvalue weighted by Crippen LogP contribution is 2.34. The minimum Gasteiger partial charge on any atom is -0.337 e. The van der Waals surface area contributed by atoms with Crippen LogP contribution < -0.4 is 0 Å². The van der Waals surface area contributed by atoms with Crippen LogP contribution in [-0.4, -0.2) is 27.5 Å². The van der Waals surface area contributed by atoms with E-state index in [2.05, 4.69) is 10.1 Å². The summed E-state index contributed by atoms with van der Waals surface area (Å²) in [6.45, 7) is 0.632. The number of likely N-dealkylation sites (tertiary alicyclic amines) is 1. The van der Waals surface area contributed by atoms with E-state index in [0.29, 0.717) is 33.9 Å². The monoisotopic (exact) mass is 387 g/mol. The van der Waals surface area contributed by atoms with Crippen molar-refractivity contribution < 1.29 is 9.32 Å². The van der Waals surface area contributed by atoms with Crippen LogP contribution >= 0.6 is 23.2 Å². The molecule has 0 aliphatic carbocycles. The van der Waals surface area contributed by atoms with Gasteiger partial charge in [-0.3, -0.25) is 4.79 Å². The van der Waals surface area contributed by atoms with E-state index in [1.165, 1.54) is 0 Å². The van der Waals surface area contributed by atoms with E-state index in [9.17, 15) is 4.79 Å². The number of nitrogens with zero attached hydrogens (tertiary/aromatic N) is 3. The fraction of sp³-hybridized carbons (Fsp3) is 0.211. The molecule has 0 radical (unpaired) electrons. The standard InChI is InChI=1S/C19H15Cl2N3O2/c20-14-9-8-13(11-15(14)21)19(25)24-10-4-7-16(24)18-22-17(23-26-18)12-5-2-1-3-6-12/h1-3,5-6,8-9,11,16H,4,7,10H2. The van der Waals surface area contributed by atoms with E-state index in [0.717, 1.165) is 18.4 Å². The highest BCUT2D eigenvalue weighted by Gasteiger charge is 2.34. The molecular weight excluding hydrogens is 373 g/mol. The first-order chi connectivity index (χ1) is 12.6. The van der Waals surface area contributed by atoms with Crippen molar-refractivity contribution in [2.24, 2.45) is 0 Å². The third-order valence-electron chi connectivity index (χ3n) is 4.44. The van der Waals surface area contributed by atoms with Crippen LogP contribution in [0.1, 0.15) is 35.1 Å².